The predicted molar refractivity (Wildman–Crippen MR) is 107 cm³/mol. The van der Waals surface area contributed by atoms with E-state index in [-0.39, 0.29) is 0 Å². The highest BCUT2D eigenvalue weighted by Crippen LogP contribution is 2.20. The van der Waals surface area contributed by atoms with Gasteiger partial charge < -0.3 is 10.1 Å². The molecule has 1 aromatic rings. The number of piperidine rings is 1. The molecule has 1 aromatic carbocycles. The van der Waals surface area contributed by atoms with E-state index in [0.717, 1.165) is 31.4 Å². The van der Waals surface area contributed by atoms with Crippen molar-refractivity contribution in [2.24, 2.45) is 5.92 Å². The summed E-state index contributed by atoms with van der Waals surface area (Å²) in [5, 5.41) is 3.49. The van der Waals surface area contributed by atoms with Crippen LogP contribution in [0, 0.1) is 5.92 Å². The van der Waals surface area contributed by atoms with Gasteiger partial charge in [-0.15, -0.1) is 0 Å². The van der Waals surface area contributed by atoms with E-state index in [0.29, 0.717) is 0 Å². The molecular weight excluding hydrogens is 308 g/mol. The molecule has 1 fully saturated rings. The summed E-state index contributed by atoms with van der Waals surface area (Å²) in [6.07, 6.45) is 9.10. The minimum absolute atomic E-state index is 0.850. The lowest BCUT2D eigenvalue weighted by atomic mass is 9.96. The first-order chi connectivity index (χ1) is 12.3. The predicted octanol–water partition coefficient (Wildman–Crippen LogP) is 4.86. The first-order valence-corrected chi connectivity index (χ1v) is 10.5. The number of nitrogens with zero attached hydrogens (tertiary/aromatic N) is 1. The van der Waals surface area contributed by atoms with E-state index in [2.05, 4.69) is 48.3 Å². The number of benzene rings is 1. The molecule has 1 saturated heterocycles. The quantitative estimate of drug-likeness (QED) is 0.547. The molecule has 0 radical (unpaired) electrons. The summed E-state index contributed by atoms with van der Waals surface area (Å²) < 4.78 is 5.86. The topological polar surface area (TPSA) is 24.5 Å². The summed E-state index contributed by atoms with van der Waals surface area (Å²) in [6, 6.07) is 8.74. The van der Waals surface area contributed by atoms with Crippen molar-refractivity contribution in [3.8, 4) is 5.75 Å². The SMILES string of the molecule is CCCCCCCOc1ccc(CN2CCC(CNCC)CC2)cc1. The Kier molecular flexibility index (Phi) is 9.98. The van der Waals surface area contributed by atoms with Crippen molar-refractivity contribution in [1.29, 1.82) is 0 Å². The standard InChI is InChI=1S/C22H38N2O/c1-3-5-6-7-8-17-25-22-11-9-21(10-12-22)19-24-15-13-20(14-16-24)18-23-4-2/h9-12,20,23H,3-8,13-19H2,1-2H3. The molecule has 0 amide bonds. The fourth-order valence-electron chi connectivity index (χ4n) is 3.54. The number of hydrogen-bond donors (Lipinski definition) is 1. The zero-order chi connectivity index (χ0) is 17.7. The first-order valence-electron chi connectivity index (χ1n) is 10.5. The molecule has 0 bridgehead atoms. The molecule has 142 valence electrons. The van der Waals surface area contributed by atoms with Crippen molar-refractivity contribution in [2.75, 3.05) is 32.8 Å². The minimum Gasteiger partial charge on any atom is -0.494 e. The number of unbranched alkanes of at least 4 members (excludes halogenated alkanes) is 4. The van der Waals surface area contributed by atoms with Crippen molar-refractivity contribution in [1.82, 2.24) is 10.2 Å². The van der Waals surface area contributed by atoms with Gasteiger partial charge in [-0.2, -0.15) is 0 Å². The summed E-state index contributed by atoms with van der Waals surface area (Å²) >= 11 is 0. The Morgan fingerprint density at radius 1 is 1.00 bits per heavy atom. The zero-order valence-corrected chi connectivity index (χ0v) is 16.4. The molecule has 3 heteroatoms. The Balaban J connectivity index is 1.62. The fourth-order valence-corrected chi connectivity index (χ4v) is 3.54. The van der Waals surface area contributed by atoms with E-state index in [1.54, 1.807) is 0 Å². The van der Waals surface area contributed by atoms with Gasteiger partial charge >= 0.3 is 0 Å². The Bertz CT molecular complexity index is 438. The third-order valence-corrected chi connectivity index (χ3v) is 5.24. The highest BCUT2D eigenvalue weighted by atomic mass is 16.5. The van der Waals surface area contributed by atoms with E-state index in [1.165, 1.54) is 70.1 Å². The van der Waals surface area contributed by atoms with Crippen LogP contribution in [0.15, 0.2) is 24.3 Å². The van der Waals surface area contributed by atoms with E-state index in [4.69, 9.17) is 4.74 Å². The van der Waals surface area contributed by atoms with Gasteiger partial charge in [0.15, 0.2) is 0 Å². The second kappa shape index (κ2) is 12.3. The van der Waals surface area contributed by atoms with Crippen LogP contribution < -0.4 is 10.1 Å². The van der Waals surface area contributed by atoms with Gasteiger partial charge in [0, 0.05) is 6.54 Å². The summed E-state index contributed by atoms with van der Waals surface area (Å²) in [5.74, 6) is 1.88. The van der Waals surface area contributed by atoms with Gasteiger partial charge in [0.1, 0.15) is 5.75 Å². The number of rotatable bonds is 12. The average Bonchev–Trinajstić information content (AvgIpc) is 2.65. The van der Waals surface area contributed by atoms with Crippen LogP contribution in [0.5, 0.6) is 5.75 Å². The van der Waals surface area contributed by atoms with Crippen LogP contribution in [-0.4, -0.2) is 37.7 Å². The smallest absolute Gasteiger partial charge is 0.119 e. The monoisotopic (exact) mass is 346 g/mol. The Morgan fingerprint density at radius 3 is 2.40 bits per heavy atom. The van der Waals surface area contributed by atoms with Gasteiger partial charge in [-0.25, -0.2) is 0 Å². The van der Waals surface area contributed by atoms with Gasteiger partial charge in [-0.05, 0) is 69.1 Å². The zero-order valence-electron chi connectivity index (χ0n) is 16.4. The van der Waals surface area contributed by atoms with Crippen LogP contribution in [0.2, 0.25) is 0 Å². The van der Waals surface area contributed by atoms with Crippen molar-refractivity contribution < 1.29 is 4.74 Å². The van der Waals surface area contributed by atoms with Crippen LogP contribution in [0.3, 0.4) is 0 Å². The molecule has 3 nitrogen and oxygen atoms in total. The van der Waals surface area contributed by atoms with Crippen LogP contribution in [0.1, 0.15) is 64.4 Å². The molecule has 1 N–H and O–H groups in total. The maximum absolute atomic E-state index is 5.86. The summed E-state index contributed by atoms with van der Waals surface area (Å²) in [6.45, 7) is 11.1. The van der Waals surface area contributed by atoms with E-state index in [9.17, 15) is 0 Å². The normalized spacial score (nSPS) is 16.2. The summed E-state index contributed by atoms with van der Waals surface area (Å²) in [5.41, 5.74) is 1.40. The number of ether oxygens (including phenoxy) is 1. The van der Waals surface area contributed by atoms with Gasteiger partial charge in [0.25, 0.3) is 0 Å². The number of nitrogens with one attached hydrogen (secondary N) is 1. The molecule has 0 saturated carbocycles. The second-order valence-corrected chi connectivity index (χ2v) is 7.43. The van der Waals surface area contributed by atoms with Crippen LogP contribution in [-0.2, 0) is 6.54 Å². The molecular formula is C22H38N2O. The summed E-state index contributed by atoms with van der Waals surface area (Å²) in [7, 11) is 0. The second-order valence-electron chi connectivity index (χ2n) is 7.43. The van der Waals surface area contributed by atoms with Crippen LogP contribution in [0.25, 0.3) is 0 Å². The number of likely N-dealkylation sites (tertiary alicyclic amines) is 1. The maximum Gasteiger partial charge on any atom is 0.119 e. The molecule has 0 aromatic heterocycles. The highest BCUT2D eigenvalue weighted by Gasteiger charge is 2.18. The van der Waals surface area contributed by atoms with Crippen molar-refractivity contribution in [2.45, 2.75) is 65.3 Å². The van der Waals surface area contributed by atoms with E-state index < -0.39 is 0 Å². The van der Waals surface area contributed by atoms with Crippen molar-refractivity contribution >= 4 is 0 Å². The number of hydrogen-bond acceptors (Lipinski definition) is 3. The first kappa shape index (κ1) is 20.3. The van der Waals surface area contributed by atoms with Gasteiger partial charge in [0.2, 0.25) is 0 Å². The van der Waals surface area contributed by atoms with Gasteiger partial charge in [-0.1, -0.05) is 51.7 Å². The highest BCUT2D eigenvalue weighted by molar-refractivity contribution is 5.27. The Labute approximate surface area is 155 Å². The third kappa shape index (κ3) is 8.24. The molecule has 25 heavy (non-hydrogen) atoms. The molecule has 0 atom stereocenters. The van der Waals surface area contributed by atoms with Crippen LogP contribution >= 0.6 is 0 Å². The molecule has 2 rings (SSSR count). The lowest BCUT2D eigenvalue weighted by Crippen LogP contribution is -2.36. The molecule has 0 unspecified atom stereocenters. The average molecular weight is 347 g/mol. The van der Waals surface area contributed by atoms with Crippen molar-refractivity contribution in [3.05, 3.63) is 29.8 Å². The van der Waals surface area contributed by atoms with Crippen LogP contribution in [0.4, 0.5) is 0 Å². The van der Waals surface area contributed by atoms with Gasteiger partial charge in [-0.3, -0.25) is 4.90 Å². The van der Waals surface area contributed by atoms with E-state index in [1.807, 2.05) is 0 Å². The molecule has 1 aliphatic rings. The van der Waals surface area contributed by atoms with Gasteiger partial charge in [0.05, 0.1) is 6.61 Å². The third-order valence-electron chi connectivity index (χ3n) is 5.24. The lowest BCUT2D eigenvalue weighted by molar-refractivity contribution is 0.176. The maximum atomic E-state index is 5.86. The fraction of sp³-hybridized carbons (Fsp3) is 0.727. The van der Waals surface area contributed by atoms with E-state index >= 15 is 0 Å². The molecule has 1 aliphatic heterocycles. The Hall–Kier alpha value is -1.06. The summed E-state index contributed by atoms with van der Waals surface area (Å²) in [4.78, 5) is 2.59. The molecule has 1 heterocycles. The molecule has 0 spiro atoms. The largest absolute Gasteiger partial charge is 0.494 e. The van der Waals surface area contributed by atoms with Crippen molar-refractivity contribution in [3.63, 3.8) is 0 Å². The molecule has 0 aliphatic carbocycles. The lowest BCUT2D eigenvalue weighted by Gasteiger charge is -2.32. The Morgan fingerprint density at radius 2 is 1.72 bits per heavy atom. The minimum atomic E-state index is 0.850.